The fourth-order valence-corrected chi connectivity index (χ4v) is 5.26. The minimum Gasteiger partial charge on any atom is -0.504 e. The number of benzene rings is 1. The molecule has 0 radical (unpaired) electrons. The Morgan fingerprint density at radius 3 is 2.55 bits per heavy atom. The molecule has 1 fully saturated rings. The maximum atomic E-state index is 13.0. The van der Waals surface area contributed by atoms with Crippen LogP contribution in [0.2, 0.25) is 5.02 Å². The van der Waals surface area contributed by atoms with Crippen LogP contribution in [0.5, 0.6) is 5.75 Å². The fourth-order valence-electron chi connectivity index (χ4n) is 2.59. The van der Waals surface area contributed by atoms with Crippen molar-refractivity contribution in [3.05, 3.63) is 17.2 Å². The lowest BCUT2D eigenvalue weighted by Crippen LogP contribution is -2.43. The summed E-state index contributed by atoms with van der Waals surface area (Å²) in [5, 5.41) is 10.0. The van der Waals surface area contributed by atoms with Gasteiger partial charge in [-0.05, 0) is 31.4 Å². The lowest BCUT2D eigenvalue weighted by Gasteiger charge is -2.36. The molecule has 0 unspecified atom stereocenters. The molecule has 5 nitrogen and oxygen atoms in total. The molecule has 7 heteroatoms. The minimum absolute atomic E-state index is 0.00369. The van der Waals surface area contributed by atoms with Crippen molar-refractivity contribution in [1.29, 1.82) is 0 Å². The van der Waals surface area contributed by atoms with E-state index in [1.54, 1.807) is 0 Å². The Labute approximate surface area is 123 Å². The van der Waals surface area contributed by atoms with Gasteiger partial charge in [-0.25, -0.2) is 8.42 Å². The standard InChI is InChI=1S/C13H18ClNO4S/c1-2-13(5-7-19-8-6-13)20(17,18)12-9(14)3-4-10(15)11(12)16/h3-4,16H,2,5-8,15H2,1H3. The predicted octanol–water partition coefficient (Wildman–Crippen LogP) is 2.36. The summed E-state index contributed by atoms with van der Waals surface area (Å²) in [6.45, 7) is 2.58. The third-order valence-electron chi connectivity index (χ3n) is 4.00. The second-order valence-corrected chi connectivity index (χ2v) is 7.66. The largest absolute Gasteiger partial charge is 0.504 e. The van der Waals surface area contributed by atoms with Crippen molar-refractivity contribution in [2.75, 3.05) is 18.9 Å². The van der Waals surface area contributed by atoms with E-state index < -0.39 is 20.3 Å². The van der Waals surface area contributed by atoms with Gasteiger partial charge in [-0.15, -0.1) is 0 Å². The molecule has 1 aliphatic heterocycles. The number of halogens is 1. The van der Waals surface area contributed by atoms with E-state index in [1.807, 2.05) is 6.92 Å². The molecule has 0 aromatic heterocycles. The Kier molecular flexibility index (Phi) is 4.18. The Morgan fingerprint density at radius 2 is 2.00 bits per heavy atom. The van der Waals surface area contributed by atoms with Gasteiger partial charge in [-0.3, -0.25) is 0 Å². The molecule has 20 heavy (non-hydrogen) atoms. The Bertz CT molecular complexity index is 609. The zero-order valence-corrected chi connectivity index (χ0v) is 12.8. The van der Waals surface area contributed by atoms with Crippen molar-refractivity contribution in [3.63, 3.8) is 0 Å². The van der Waals surface area contributed by atoms with Gasteiger partial charge >= 0.3 is 0 Å². The molecule has 2 rings (SSSR count). The highest BCUT2D eigenvalue weighted by Gasteiger charge is 2.46. The molecule has 1 aliphatic rings. The number of nitrogen functional groups attached to an aromatic ring is 1. The highest BCUT2D eigenvalue weighted by Crippen LogP contribution is 2.44. The topological polar surface area (TPSA) is 89.6 Å². The molecule has 1 heterocycles. The number of phenols is 1. The smallest absolute Gasteiger partial charge is 0.189 e. The molecule has 1 aromatic carbocycles. The van der Waals surface area contributed by atoms with E-state index in [0.717, 1.165) is 0 Å². The van der Waals surface area contributed by atoms with Crippen LogP contribution in [0.15, 0.2) is 17.0 Å². The first-order chi connectivity index (χ1) is 9.35. The van der Waals surface area contributed by atoms with Crippen molar-refractivity contribution >= 4 is 27.1 Å². The van der Waals surface area contributed by atoms with Gasteiger partial charge in [0.25, 0.3) is 0 Å². The van der Waals surface area contributed by atoms with E-state index in [4.69, 9.17) is 22.1 Å². The summed E-state index contributed by atoms with van der Waals surface area (Å²) in [7, 11) is -3.80. The maximum Gasteiger partial charge on any atom is 0.189 e. The number of rotatable bonds is 3. The van der Waals surface area contributed by atoms with Crippen LogP contribution in [0, 0.1) is 0 Å². The normalized spacial score (nSPS) is 18.9. The Balaban J connectivity index is 2.63. The summed E-state index contributed by atoms with van der Waals surface area (Å²) in [5.41, 5.74) is 5.61. The fraction of sp³-hybridized carbons (Fsp3) is 0.538. The minimum atomic E-state index is -3.80. The average Bonchev–Trinajstić information content (AvgIpc) is 2.43. The van der Waals surface area contributed by atoms with E-state index in [0.29, 0.717) is 32.5 Å². The van der Waals surface area contributed by atoms with E-state index in [1.165, 1.54) is 12.1 Å². The van der Waals surface area contributed by atoms with Gasteiger partial charge in [0.15, 0.2) is 15.6 Å². The first-order valence-electron chi connectivity index (χ1n) is 6.45. The zero-order valence-electron chi connectivity index (χ0n) is 11.2. The molecule has 0 saturated carbocycles. The first-order valence-corrected chi connectivity index (χ1v) is 8.31. The lowest BCUT2D eigenvalue weighted by atomic mass is 9.96. The van der Waals surface area contributed by atoms with Gasteiger partial charge in [0, 0.05) is 13.2 Å². The summed E-state index contributed by atoms with van der Waals surface area (Å²) in [4.78, 5) is -0.261. The number of ether oxygens (including phenoxy) is 1. The van der Waals surface area contributed by atoms with E-state index in [-0.39, 0.29) is 15.6 Å². The number of hydrogen-bond acceptors (Lipinski definition) is 5. The molecule has 3 N–H and O–H groups in total. The number of anilines is 1. The van der Waals surface area contributed by atoms with Crippen LogP contribution in [-0.2, 0) is 14.6 Å². The molecule has 0 atom stereocenters. The van der Waals surface area contributed by atoms with Gasteiger partial charge < -0.3 is 15.6 Å². The highest BCUT2D eigenvalue weighted by molar-refractivity contribution is 7.93. The van der Waals surface area contributed by atoms with Crippen LogP contribution >= 0.6 is 11.6 Å². The van der Waals surface area contributed by atoms with Crippen LogP contribution in [-0.4, -0.2) is 31.5 Å². The van der Waals surface area contributed by atoms with Gasteiger partial charge in [0.1, 0.15) is 4.90 Å². The molecular weight excluding hydrogens is 302 g/mol. The molecule has 0 aliphatic carbocycles. The Hall–Kier alpha value is -0.980. The second-order valence-electron chi connectivity index (χ2n) is 4.97. The van der Waals surface area contributed by atoms with Crippen molar-refractivity contribution in [1.82, 2.24) is 0 Å². The quantitative estimate of drug-likeness (QED) is 0.659. The number of hydrogen-bond donors (Lipinski definition) is 2. The zero-order chi connectivity index (χ0) is 15.0. The number of nitrogens with two attached hydrogens (primary N) is 1. The molecule has 0 bridgehead atoms. The summed E-state index contributed by atoms with van der Waals surface area (Å²) in [6, 6.07) is 2.78. The van der Waals surface area contributed by atoms with Crippen molar-refractivity contribution in [2.24, 2.45) is 0 Å². The van der Waals surface area contributed by atoms with Crippen LogP contribution in [0.4, 0.5) is 5.69 Å². The molecular formula is C13H18ClNO4S. The lowest BCUT2D eigenvalue weighted by molar-refractivity contribution is 0.0735. The molecule has 0 spiro atoms. The van der Waals surface area contributed by atoms with Crippen LogP contribution in [0.3, 0.4) is 0 Å². The SMILES string of the molecule is CCC1(S(=O)(=O)c2c(Cl)ccc(N)c2O)CCOCC1. The summed E-state index contributed by atoms with van der Waals surface area (Å²) < 4.78 is 30.3. The number of aromatic hydroxyl groups is 1. The van der Waals surface area contributed by atoms with Gasteiger partial charge in [-0.2, -0.15) is 0 Å². The molecule has 1 aromatic rings. The van der Waals surface area contributed by atoms with Gasteiger partial charge in [0.05, 0.1) is 15.5 Å². The van der Waals surface area contributed by atoms with Gasteiger partial charge in [0.2, 0.25) is 0 Å². The summed E-state index contributed by atoms with van der Waals surface area (Å²) >= 11 is 6.00. The second kappa shape index (κ2) is 5.42. The third-order valence-corrected chi connectivity index (χ3v) is 7.22. The van der Waals surface area contributed by atoms with E-state index in [9.17, 15) is 13.5 Å². The van der Waals surface area contributed by atoms with Crippen molar-refractivity contribution in [3.8, 4) is 5.75 Å². The van der Waals surface area contributed by atoms with E-state index in [2.05, 4.69) is 0 Å². The number of sulfone groups is 1. The predicted molar refractivity (Wildman–Crippen MR) is 77.8 cm³/mol. The summed E-state index contributed by atoms with van der Waals surface area (Å²) in [6.07, 6.45) is 1.20. The molecule has 112 valence electrons. The third kappa shape index (κ3) is 2.25. The summed E-state index contributed by atoms with van der Waals surface area (Å²) in [5.74, 6) is -0.461. The highest BCUT2D eigenvalue weighted by atomic mass is 35.5. The van der Waals surface area contributed by atoms with Crippen LogP contribution in [0.25, 0.3) is 0 Å². The Morgan fingerprint density at radius 1 is 1.40 bits per heavy atom. The molecule has 0 amide bonds. The van der Waals surface area contributed by atoms with E-state index >= 15 is 0 Å². The van der Waals surface area contributed by atoms with Gasteiger partial charge in [-0.1, -0.05) is 18.5 Å². The average molecular weight is 320 g/mol. The molecule has 1 saturated heterocycles. The van der Waals surface area contributed by atoms with Crippen LogP contribution < -0.4 is 5.73 Å². The number of phenolic OH excluding ortho intramolecular Hbond substituents is 1. The monoisotopic (exact) mass is 319 g/mol. The first kappa shape index (κ1) is 15.4. The van der Waals surface area contributed by atoms with Crippen molar-refractivity contribution < 1.29 is 18.3 Å². The van der Waals surface area contributed by atoms with Crippen molar-refractivity contribution in [2.45, 2.75) is 35.8 Å². The van der Waals surface area contributed by atoms with Crippen LogP contribution in [0.1, 0.15) is 26.2 Å². The maximum absolute atomic E-state index is 13.0.